The zero-order valence-electron chi connectivity index (χ0n) is 15.5. The first kappa shape index (κ1) is 19.8. The fraction of sp³-hybridized carbons (Fsp3) is 0.737. The van der Waals surface area contributed by atoms with E-state index in [0.717, 1.165) is 17.4 Å². The Morgan fingerprint density at radius 3 is 2.57 bits per heavy atom. The Balaban J connectivity index is 2.40. The van der Waals surface area contributed by atoms with Gasteiger partial charge in [0.1, 0.15) is 6.20 Å². The van der Waals surface area contributed by atoms with E-state index in [1.165, 1.54) is 38.5 Å². The molecule has 3 atom stereocenters. The molecule has 0 saturated carbocycles. The van der Waals surface area contributed by atoms with Gasteiger partial charge in [-0.3, -0.25) is 9.28 Å². The first-order valence-corrected chi connectivity index (χ1v) is 9.29. The van der Waals surface area contributed by atoms with Crippen LogP contribution in [-0.4, -0.2) is 29.3 Å². The summed E-state index contributed by atoms with van der Waals surface area (Å²) >= 11 is 0. The molecular weight excluding hydrogens is 286 g/mol. The number of nitrogens with one attached hydrogen (secondary N) is 2. The van der Waals surface area contributed by atoms with Gasteiger partial charge in [-0.05, 0) is 32.6 Å². The highest BCUT2D eigenvalue weighted by atomic mass is 16.1. The number of quaternary nitrogens is 1. The Morgan fingerprint density at radius 2 is 1.96 bits per heavy atom. The molecule has 0 aromatic heterocycles. The Bertz CT molecular complexity index is 405. The molecule has 1 heterocycles. The van der Waals surface area contributed by atoms with Gasteiger partial charge in [0.05, 0.1) is 12.7 Å². The first-order valence-electron chi connectivity index (χ1n) is 9.29. The lowest BCUT2D eigenvalue weighted by Gasteiger charge is -2.41. The predicted molar refractivity (Wildman–Crippen MR) is 97.3 cm³/mol. The van der Waals surface area contributed by atoms with E-state index in [4.69, 9.17) is 0 Å². The van der Waals surface area contributed by atoms with E-state index < -0.39 is 0 Å². The molecular formula is C19H36N3O+. The van der Waals surface area contributed by atoms with E-state index in [1.807, 2.05) is 0 Å². The van der Waals surface area contributed by atoms with Gasteiger partial charge in [-0.25, -0.2) is 0 Å². The zero-order valence-corrected chi connectivity index (χ0v) is 15.5. The molecule has 0 aromatic carbocycles. The second-order valence-corrected chi connectivity index (χ2v) is 6.58. The molecule has 0 bridgehead atoms. The van der Waals surface area contributed by atoms with Crippen molar-refractivity contribution in [1.82, 2.24) is 10.6 Å². The van der Waals surface area contributed by atoms with Crippen LogP contribution in [0.5, 0.6) is 0 Å². The van der Waals surface area contributed by atoms with Gasteiger partial charge >= 0.3 is 0 Å². The molecule has 1 rings (SSSR count). The molecule has 4 nitrogen and oxygen atoms in total. The Morgan fingerprint density at radius 1 is 1.26 bits per heavy atom. The average Bonchev–Trinajstić information content (AvgIpc) is 2.93. The van der Waals surface area contributed by atoms with Crippen molar-refractivity contribution in [3.63, 3.8) is 0 Å². The molecule has 2 N–H and O–H groups in total. The van der Waals surface area contributed by atoms with Crippen molar-refractivity contribution in [1.29, 1.82) is 0 Å². The van der Waals surface area contributed by atoms with Crippen molar-refractivity contribution < 1.29 is 9.28 Å². The standard InChI is InChI=1S/C19H35N3O/c1-5-7-8-9-10-11-12-13-14-19-20-15-16-22(19,6-2)17(3)21-18(4)23/h9-10,15-17,19-20H,5-8,11-14H2,1-4H3/p+1/b10-9+. The molecule has 0 fully saturated rings. The minimum atomic E-state index is 0.0414. The Labute approximate surface area is 142 Å². The van der Waals surface area contributed by atoms with Gasteiger partial charge in [-0.15, -0.1) is 0 Å². The van der Waals surface area contributed by atoms with Crippen molar-refractivity contribution in [3.8, 4) is 0 Å². The van der Waals surface area contributed by atoms with E-state index >= 15 is 0 Å². The van der Waals surface area contributed by atoms with Crippen molar-refractivity contribution >= 4 is 5.91 Å². The van der Waals surface area contributed by atoms with Crippen LogP contribution < -0.4 is 10.6 Å². The maximum absolute atomic E-state index is 11.4. The highest BCUT2D eigenvalue weighted by Gasteiger charge is 2.41. The molecule has 23 heavy (non-hydrogen) atoms. The van der Waals surface area contributed by atoms with Crippen molar-refractivity contribution in [2.24, 2.45) is 0 Å². The molecule has 0 aliphatic carbocycles. The summed E-state index contributed by atoms with van der Waals surface area (Å²) in [5, 5.41) is 6.56. The molecule has 132 valence electrons. The van der Waals surface area contributed by atoms with Crippen molar-refractivity contribution in [2.45, 2.75) is 85.0 Å². The summed E-state index contributed by atoms with van der Waals surface area (Å²) in [4.78, 5) is 11.4. The van der Waals surface area contributed by atoms with Gasteiger partial charge in [-0.2, -0.15) is 0 Å². The number of carbonyl (C=O) groups is 1. The van der Waals surface area contributed by atoms with Crippen LogP contribution >= 0.6 is 0 Å². The van der Waals surface area contributed by atoms with E-state index in [9.17, 15) is 4.79 Å². The third-order valence-electron chi connectivity index (χ3n) is 4.89. The summed E-state index contributed by atoms with van der Waals surface area (Å²) in [6.45, 7) is 9.10. The normalized spacial score (nSPS) is 24.8. The number of nitrogens with zero attached hydrogens (tertiary/aromatic N) is 1. The molecule has 4 heteroatoms. The quantitative estimate of drug-likeness (QED) is 0.343. The number of rotatable bonds is 11. The molecule has 0 saturated heterocycles. The van der Waals surface area contributed by atoms with E-state index in [2.05, 4.69) is 56.0 Å². The SMILES string of the molecule is CCCC/C=C/CCCCC1NC=C[N+]1(CC)C(C)NC(C)=O. The van der Waals surface area contributed by atoms with Crippen LogP contribution in [-0.2, 0) is 4.79 Å². The monoisotopic (exact) mass is 322 g/mol. The highest BCUT2D eigenvalue weighted by Crippen LogP contribution is 2.25. The summed E-state index contributed by atoms with van der Waals surface area (Å²) in [6, 6.07) is 0. The molecule has 3 unspecified atom stereocenters. The van der Waals surface area contributed by atoms with Crippen LogP contribution in [0, 0.1) is 0 Å². The second-order valence-electron chi connectivity index (χ2n) is 6.58. The average molecular weight is 323 g/mol. The van der Waals surface area contributed by atoms with Crippen LogP contribution in [0.15, 0.2) is 24.6 Å². The lowest BCUT2D eigenvalue weighted by molar-refractivity contribution is -0.923. The number of hydrogen-bond donors (Lipinski definition) is 2. The van der Waals surface area contributed by atoms with Crippen LogP contribution in [0.4, 0.5) is 0 Å². The summed E-state index contributed by atoms with van der Waals surface area (Å²) in [6.07, 6.45) is 17.9. The number of amides is 1. The van der Waals surface area contributed by atoms with E-state index in [0.29, 0.717) is 6.17 Å². The van der Waals surface area contributed by atoms with Crippen molar-refractivity contribution in [3.05, 3.63) is 24.6 Å². The third kappa shape index (κ3) is 6.02. The van der Waals surface area contributed by atoms with E-state index in [1.54, 1.807) is 6.92 Å². The third-order valence-corrected chi connectivity index (χ3v) is 4.89. The minimum Gasteiger partial charge on any atom is -0.338 e. The molecule has 0 spiro atoms. The number of unbranched alkanes of at least 4 members (excludes halogenated alkanes) is 4. The van der Waals surface area contributed by atoms with Gasteiger partial charge in [-0.1, -0.05) is 31.9 Å². The zero-order chi connectivity index (χ0) is 17.1. The molecule has 1 aliphatic rings. The molecule has 0 radical (unpaired) electrons. The van der Waals surface area contributed by atoms with Gasteiger partial charge in [0, 0.05) is 20.3 Å². The van der Waals surface area contributed by atoms with Gasteiger partial charge in [0.2, 0.25) is 5.91 Å². The lowest BCUT2D eigenvalue weighted by atomic mass is 10.1. The highest BCUT2D eigenvalue weighted by molar-refractivity contribution is 5.72. The summed E-state index contributed by atoms with van der Waals surface area (Å²) in [5.74, 6) is 0.0414. The van der Waals surface area contributed by atoms with Crippen LogP contribution in [0.1, 0.15) is 72.6 Å². The maximum Gasteiger partial charge on any atom is 0.221 e. The number of carbonyl (C=O) groups excluding carboxylic acids is 1. The fourth-order valence-corrected chi connectivity index (χ4v) is 3.43. The number of allylic oxidation sites excluding steroid dienone is 2. The molecule has 1 aliphatic heterocycles. The molecule has 0 aromatic rings. The summed E-state index contributed by atoms with van der Waals surface area (Å²) in [7, 11) is 0. The molecule has 1 amide bonds. The largest absolute Gasteiger partial charge is 0.338 e. The van der Waals surface area contributed by atoms with Crippen LogP contribution in [0.25, 0.3) is 0 Å². The van der Waals surface area contributed by atoms with Gasteiger partial charge in [0.25, 0.3) is 0 Å². The first-order chi connectivity index (χ1) is 11.1. The predicted octanol–water partition coefficient (Wildman–Crippen LogP) is 4.01. The minimum absolute atomic E-state index is 0.0414. The maximum atomic E-state index is 11.4. The summed E-state index contributed by atoms with van der Waals surface area (Å²) in [5.41, 5.74) is 0. The smallest absolute Gasteiger partial charge is 0.221 e. The second kappa shape index (κ2) is 10.5. The Hall–Kier alpha value is -1.29. The van der Waals surface area contributed by atoms with Crippen molar-refractivity contribution in [2.75, 3.05) is 6.54 Å². The topological polar surface area (TPSA) is 41.1 Å². The Kier molecular flexibility index (Phi) is 9.00. The van der Waals surface area contributed by atoms with Gasteiger partial charge < -0.3 is 10.6 Å². The van der Waals surface area contributed by atoms with E-state index in [-0.39, 0.29) is 12.1 Å². The van der Waals surface area contributed by atoms with Crippen LogP contribution in [0.3, 0.4) is 0 Å². The van der Waals surface area contributed by atoms with Gasteiger partial charge in [0.15, 0.2) is 12.3 Å². The summed E-state index contributed by atoms with van der Waals surface area (Å²) < 4.78 is 0.798. The number of hydrogen-bond acceptors (Lipinski definition) is 2. The fourth-order valence-electron chi connectivity index (χ4n) is 3.43. The van der Waals surface area contributed by atoms with Crippen LogP contribution in [0.2, 0.25) is 0 Å². The lowest BCUT2D eigenvalue weighted by Crippen LogP contribution is -2.62.